The van der Waals surface area contributed by atoms with Crippen LogP contribution in [0.1, 0.15) is 30.3 Å². The van der Waals surface area contributed by atoms with Crippen LogP contribution >= 0.6 is 0 Å². The van der Waals surface area contributed by atoms with Crippen molar-refractivity contribution in [3.63, 3.8) is 0 Å². The second-order valence-corrected chi connectivity index (χ2v) is 5.50. The third-order valence-electron chi connectivity index (χ3n) is 3.72. The summed E-state index contributed by atoms with van der Waals surface area (Å²) < 4.78 is 1.93. The lowest BCUT2D eigenvalue weighted by molar-refractivity contribution is -0.138. The van der Waals surface area contributed by atoms with Gasteiger partial charge in [0.1, 0.15) is 0 Å². The topological polar surface area (TPSA) is 58.4 Å². The van der Waals surface area contributed by atoms with Gasteiger partial charge in [-0.25, -0.2) is 4.68 Å². The lowest BCUT2D eigenvalue weighted by Crippen LogP contribution is -2.30. The summed E-state index contributed by atoms with van der Waals surface area (Å²) >= 11 is 0. The van der Waals surface area contributed by atoms with Crippen molar-refractivity contribution in [3.8, 4) is 5.69 Å². The van der Waals surface area contributed by atoms with Gasteiger partial charge in [0.2, 0.25) is 0 Å². The number of aryl methyl sites for hydroxylation is 1. The van der Waals surface area contributed by atoms with Crippen LogP contribution in [0.2, 0.25) is 0 Å². The summed E-state index contributed by atoms with van der Waals surface area (Å²) in [5, 5.41) is 13.7. The normalized spacial score (nSPS) is 11.1. The minimum absolute atomic E-state index is 0.0588. The average molecular weight is 301 g/mol. The van der Waals surface area contributed by atoms with E-state index < -0.39 is 5.97 Å². The van der Waals surface area contributed by atoms with E-state index in [1.54, 1.807) is 0 Å². The van der Waals surface area contributed by atoms with Crippen LogP contribution in [0.4, 0.5) is 0 Å². The molecule has 0 spiro atoms. The molecule has 0 amide bonds. The highest BCUT2D eigenvalue weighted by Gasteiger charge is 2.17. The van der Waals surface area contributed by atoms with E-state index in [4.69, 9.17) is 5.11 Å². The van der Waals surface area contributed by atoms with E-state index in [9.17, 15) is 4.79 Å². The van der Waals surface area contributed by atoms with Crippen molar-refractivity contribution >= 4 is 5.97 Å². The number of nitrogens with zero attached hydrogens (tertiary/aromatic N) is 3. The molecule has 0 saturated carbocycles. The Morgan fingerprint density at radius 2 is 1.95 bits per heavy atom. The maximum absolute atomic E-state index is 11.0. The van der Waals surface area contributed by atoms with Gasteiger partial charge >= 0.3 is 5.97 Å². The Morgan fingerprint density at radius 3 is 2.55 bits per heavy atom. The summed E-state index contributed by atoms with van der Waals surface area (Å²) in [4.78, 5) is 13.0. The Kier molecular flexibility index (Phi) is 5.33. The molecule has 0 bridgehead atoms. The zero-order chi connectivity index (χ0) is 16.1. The molecule has 5 heteroatoms. The van der Waals surface area contributed by atoms with E-state index in [2.05, 4.69) is 12.0 Å². The van der Waals surface area contributed by atoms with Gasteiger partial charge in [0.25, 0.3) is 0 Å². The molecule has 2 rings (SSSR count). The zero-order valence-corrected chi connectivity index (χ0v) is 13.4. The molecule has 0 fully saturated rings. The van der Waals surface area contributed by atoms with E-state index >= 15 is 0 Å². The average Bonchev–Trinajstić information content (AvgIpc) is 2.76. The van der Waals surface area contributed by atoms with Crippen molar-refractivity contribution in [1.29, 1.82) is 0 Å². The number of aromatic nitrogens is 2. The highest BCUT2D eigenvalue weighted by atomic mass is 16.4. The van der Waals surface area contributed by atoms with Crippen LogP contribution in [0.3, 0.4) is 0 Å². The van der Waals surface area contributed by atoms with Gasteiger partial charge < -0.3 is 5.11 Å². The molecule has 1 aromatic carbocycles. The van der Waals surface area contributed by atoms with E-state index in [-0.39, 0.29) is 6.54 Å². The molecule has 0 aliphatic carbocycles. The van der Waals surface area contributed by atoms with Crippen molar-refractivity contribution in [2.75, 3.05) is 13.1 Å². The first-order chi connectivity index (χ1) is 10.5. The first-order valence-corrected chi connectivity index (χ1v) is 7.57. The number of carbonyl (C=O) groups is 1. The number of rotatable bonds is 7. The fourth-order valence-corrected chi connectivity index (χ4v) is 2.67. The third kappa shape index (κ3) is 3.74. The molecule has 22 heavy (non-hydrogen) atoms. The fourth-order valence-electron chi connectivity index (χ4n) is 2.67. The molecule has 2 aromatic rings. The lowest BCUT2D eigenvalue weighted by Gasteiger charge is -2.19. The van der Waals surface area contributed by atoms with Crippen molar-refractivity contribution < 1.29 is 9.90 Å². The molecule has 0 aliphatic heterocycles. The SMILES string of the molecule is CCCN(CC(=O)O)Cc1c(C)nn(-c2ccccc2)c1C. The predicted molar refractivity (Wildman–Crippen MR) is 86.2 cm³/mol. The summed E-state index contributed by atoms with van der Waals surface area (Å²) in [5.74, 6) is -0.792. The quantitative estimate of drug-likeness (QED) is 0.854. The highest BCUT2D eigenvalue weighted by Crippen LogP contribution is 2.19. The molecular formula is C17H23N3O2. The van der Waals surface area contributed by atoms with E-state index in [0.29, 0.717) is 6.54 Å². The Bertz CT molecular complexity index is 635. The molecule has 0 aliphatic rings. The molecule has 1 aromatic heterocycles. The number of carboxylic acids is 1. The first-order valence-electron chi connectivity index (χ1n) is 7.57. The Hall–Kier alpha value is -2.14. The maximum atomic E-state index is 11.0. The van der Waals surface area contributed by atoms with Crippen LogP contribution in [-0.4, -0.2) is 38.8 Å². The predicted octanol–water partition coefficient (Wildman–Crippen LogP) is 2.79. The Balaban J connectivity index is 2.28. The molecule has 1 heterocycles. The number of benzene rings is 1. The molecule has 0 atom stereocenters. The largest absolute Gasteiger partial charge is 0.480 e. The van der Waals surface area contributed by atoms with E-state index in [0.717, 1.165) is 35.6 Å². The third-order valence-corrected chi connectivity index (χ3v) is 3.72. The number of aliphatic carboxylic acids is 1. The van der Waals surface area contributed by atoms with Crippen molar-refractivity contribution in [1.82, 2.24) is 14.7 Å². The standard InChI is InChI=1S/C17H23N3O2/c1-4-10-19(12-17(21)22)11-16-13(2)18-20(14(16)3)15-8-6-5-7-9-15/h5-9H,4,10-12H2,1-3H3,(H,21,22). The zero-order valence-electron chi connectivity index (χ0n) is 13.4. The Labute approximate surface area is 131 Å². The monoisotopic (exact) mass is 301 g/mol. The first kappa shape index (κ1) is 16.2. The second kappa shape index (κ2) is 7.22. The molecule has 5 nitrogen and oxygen atoms in total. The van der Waals surface area contributed by atoms with Gasteiger partial charge in [0.15, 0.2) is 0 Å². The van der Waals surface area contributed by atoms with Gasteiger partial charge in [-0.3, -0.25) is 9.69 Å². The molecule has 0 radical (unpaired) electrons. The van der Waals surface area contributed by atoms with Crippen molar-refractivity contribution in [3.05, 3.63) is 47.3 Å². The van der Waals surface area contributed by atoms with Gasteiger partial charge in [0, 0.05) is 17.8 Å². The summed E-state index contributed by atoms with van der Waals surface area (Å²) in [6, 6.07) is 9.99. The number of carboxylic acid groups (broad SMARTS) is 1. The van der Waals surface area contributed by atoms with Crippen LogP contribution in [0.25, 0.3) is 5.69 Å². The summed E-state index contributed by atoms with van der Waals surface area (Å²) in [6.45, 7) is 7.51. The molecule has 0 saturated heterocycles. The van der Waals surface area contributed by atoms with Crippen molar-refractivity contribution in [2.24, 2.45) is 0 Å². The number of hydrogen-bond acceptors (Lipinski definition) is 3. The highest BCUT2D eigenvalue weighted by molar-refractivity contribution is 5.69. The van der Waals surface area contributed by atoms with Gasteiger partial charge in [0.05, 0.1) is 17.9 Å². The van der Waals surface area contributed by atoms with E-state index in [1.165, 1.54) is 0 Å². The fraction of sp³-hybridized carbons (Fsp3) is 0.412. The maximum Gasteiger partial charge on any atom is 0.317 e. The van der Waals surface area contributed by atoms with Crippen LogP contribution < -0.4 is 0 Å². The van der Waals surface area contributed by atoms with Gasteiger partial charge in [-0.05, 0) is 38.9 Å². The van der Waals surface area contributed by atoms with Gasteiger partial charge in [-0.15, -0.1) is 0 Å². The second-order valence-electron chi connectivity index (χ2n) is 5.50. The van der Waals surface area contributed by atoms with Gasteiger partial charge in [-0.1, -0.05) is 25.1 Å². The van der Waals surface area contributed by atoms with Gasteiger partial charge in [-0.2, -0.15) is 5.10 Å². The number of hydrogen-bond donors (Lipinski definition) is 1. The minimum atomic E-state index is -0.792. The number of para-hydroxylation sites is 1. The van der Waals surface area contributed by atoms with Crippen LogP contribution in [-0.2, 0) is 11.3 Å². The summed E-state index contributed by atoms with van der Waals surface area (Å²) in [7, 11) is 0. The smallest absolute Gasteiger partial charge is 0.317 e. The van der Waals surface area contributed by atoms with E-state index in [1.807, 2.05) is 53.8 Å². The molecule has 118 valence electrons. The molecule has 0 unspecified atom stereocenters. The summed E-state index contributed by atoms with van der Waals surface area (Å²) in [6.07, 6.45) is 0.929. The van der Waals surface area contributed by atoms with Crippen LogP contribution in [0, 0.1) is 13.8 Å². The van der Waals surface area contributed by atoms with Crippen LogP contribution in [0.5, 0.6) is 0 Å². The van der Waals surface area contributed by atoms with Crippen molar-refractivity contribution in [2.45, 2.75) is 33.7 Å². The molecule has 1 N–H and O–H groups in total. The Morgan fingerprint density at radius 1 is 1.27 bits per heavy atom. The van der Waals surface area contributed by atoms with Crippen LogP contribution in [0.15, 0.2) is 30.3 Å². The summed E-state index contributed by atoms with van der Waals surface area (Å²) in [5.41, 5.74) is 4.15. The minimum Gasteiger partial charge on any atom is -0.480 e. The molecular weight excluding hydrogens is 278 g/mol. The lowest BCUT2D eigenvalue weighted by atomic mass is 10.1.